The molecule has 0 unspecified atom stereocenters. The molecule has 118 valence electrons. The fourth-order valence-electron chi connectivity index (χ4n) is 2.75. The molecule has 0 aromatic heterocycles. The van der Waals surface area contributed by atoms with Crippen LogP contribution in [0.15, 0.2) is 24.3 Å². The predicted molar refractivity (Wildman–Crippen MR) is 85.6 cm³/mol. The maximum atomic E-state index is 9.44. The van der Waals surface area contributed by atoms with Gasteiger partial charge in [0.25, 0.3) is 0 Å². The van der Waals surface area contributed by atoms with Crippen molar-refractivity contribution < 1.29 is 9.84 Å². The Morgan fingerprint density at radius 3 is 2.38 bits per heavy atom. The number of hydrogen-bond donors (Lipinski definition) is 1. The summed E-state index contributed by atoms with van der Waals surface area (Å²) >= 11 is 0. The van der Waals surface area contributed by atoms with Crippen molar-refractivity contribution in [3.05, 3.63) is 29.8 Å². The molecule has 0 saturated carbocycles. The van der Waals surface area contributed by atoms with E-state index < -0.39 is 0 Å². The second-order valence-corrected chi connectivity index (χ2v) is 6.24. The van der Waals surface area contributed by atoms with Gasteiger partial charge in [0.2, 0.25) is 0 Å². The summed E-state index contributed by atoms with van der Waals surface area (Å²) in [6, 6.07) is 8.39. The lowest BCUT2D eigenvalue weighted by atomic mass is 10.2. The third kappa shape index (κ3) is 5.65. The molecule has 1 aromatic carbocycles. The fourth-order valence-corrected chi connectivity index (χ4v) is 2.75. The van der Waals surface area contributed by atoms with Crippen molar-refractivity contribution in [3.8, 4) is 5.75 Å². The first kappa shape index (κ1) is 16.3. The minimum absolute atomic E-state index is 0.212. The molecule has 0 radical (unpaired) electrons. The van der Waals surface area contributed by atoms with Crippen LogP contribution in [0.1, 0.15) is 26.3 Å². The van der Waals surface area contributed by atoms with Gasteiger partial charge in [-0.1, -0.05) is 12.1 Å². The van der Waals surface area contributed by atoms with E-state index in [9.17, 15) is 5.11 Å². The van der Waals surface area contributed by atoms with E-state index >= 15 is 0 Å². The highest BCUT2D eigenvalue weighted by atomic mass is 16.5. The van der Waals surface area contributed by atoms with Gasteiger partial charge < -0.3 is 9.84 Å². The Labute approximate surface area is 128 Å². The Morgan fingerprint density at radius 2 is 1.76 bits per heavy atom. The van der Waals surface area contributed by atoms with Crippen LogP contribution >= 0.6 is 0 Å². The van der Waals surface area contributed by atoms with Gasteiger partial charge in [0, 0.05) is 39.3 Å². The molecular weight excluding hydrogens is 264 g/mol. The highest BCUT2D eigenvalue weighted by Gasteiger charge is 2.17. The topological polar surface area (TPSA) is 35.9 Å². The summed E-state index contributed by atoms with van der Waals surface area (Å²) in [6.45, 7) is 11.9. The molecule has 0 bridgehead atoms. The molecular formula is C17H28N2O2. The lowest BCUT2D eigenvalue weighted by molar-refractivity contribution is 0.0780. The normalized spacial score (nSPS) is 18.9. The molecule has 1 aromatic rings. The molecule has 0 amide bonds. The summed E-state index contributed by atoms with van der Waals surface area (Å²) in [4.78, 5) is 4.80. The predicted octanol–water partition coefficient (Wildman–Crippen LogP) is 1.97. The molecule has 4 heteroatoms. The monoisotopic (exact) mass is 292 g/mol. The van der Waals surface area contributed by atoms with E-state index in [-0.39, 0.29) is 12.2 Å². The number of nitrogens with zero attached hydrogens (tertiary/aromatic N) is 2. The van der Waals surface area contributed by atoms with E-state index in [0.717, 1.165) is 45.0 Å². The third-order valence-corrected chi connectivity index (χ3v) is 3.66. The van der Waals surface area contributed by atoms with Gasteiger partial charge in [-0.05, 0) is 38.5 Å². The fraction of sp³-hybridized carbons (Fsp3) is 0.647. The third-order valence-electron chi connectivity index (χ3n) is 3.66. The zero-order valence-corrected chi connectivity index (χ0v) is 13.5. The summed E-state index contributed by atoms with van der Waals surface area (Å²) in [5.41, 5.74) is 1.30. The van der Waals surface area contributed by atoms with Gasteiger partial charge >= 0.3 is 0 Å². The van der Waals surface area contributed by atoms with E-state index in [0.29, 0.717) is 0 Å². The van der Waals surface area contributed by atoms with E-state index in [2.05, 4.69) is 28.0 Å². The number of β-amino-alcohol motifs (C(OH)–C–C–N with tert-alkyl or cyclic N) is 1. The van der Waals surface area contributed by atoms with Crippen LogP contribution in [0.4, 0.5) is 0 Å². The first-order valence-corrected chi connectivity index (χ1v) is 7.91. The Bertz CT molecular complexity index is 427. The van der Waals surface area contributed by atoms with E-state index in [1.165, 1.54) is 5.56 Å². The summed E-state index contributed by atoms with van der Waals surface area (Å²) in [6.07, 6.45) is -0.0225. The highest BCUT2D eigenvalue weighted by molar-refractivity contribution is 5.28. The van der Waals surface area contributed by atoms with Crippen LogP contribution in [0, 0.1) is 0 Å². The zero-order chi connectivity index (χ0) is 15.2. The largest absolute Gasteiger partial charge is 0.491 e. The van der Waals surface area contributed by atoms with Crippen molar-refractivity contribution in [1.29, 1.82) is 0 Å². The highest BCUT2D eigenvalue weighted by Crippen LogP contribution is 2.17. The molecule has 2 rings (SSSR count). The lowest BCUT2D eigenvalue weighted by Crippen LogP contribution is -2.47. The minimum atomic E-state index is -0.235. The Hall–Kier alpha value is -1.10. The molecule has 1 aliphatic heterocycles. The average Bonchev–Trinajstić information content (AvgIpc) is 2.40. The average molecular weight is 292 g/mol. The number of rotatable bonds is 6. The number of ether oxygens (including phenoxy) is 1. The van der Waals surface area contributed by atoms with Gasteiger partial charge in [0.15, 0.2) is 0 Å². The molecule has 1 aliphatic rings. The van der Waals surface area contributed by atoms with E-state index in [1.54, 1.807) is 0 Å². The van der Waals surface area contributed by atoms with E-state index in [4.69, 9.17) is 4.74 Å². The Balaban J connectivity index is 1.83. The molecule has 4 nitrogen and oxygen atoms in total. The van der Waals surface area contributed by atoms with E-state index in [1.807, 2.05) is 26.8 Å². The van der Waals surface area contributed by atoms with Gasteiger partial charge in [0.1, 0.15) is 5.75 Å². The first-order chi connectivity index (χ1) is 10.0. The molecule has 1 N–H and O–H groups in total. The maximum absolute atomic E-state index is 9.44. The van der Waals surface area contributed by atoms with Crippen LogP contribution in [0.3, 0.4) is 0 Å². The molecule has 1 heterocycles. The van der Waals surface area contributed by atoms with Gasteiger partial charge in [-0.2, -0.15) is 0 Å². The zero-order valence-electron chi connectivity index (χ0n) is 13.5. The van der Waals surface area contributed by atoms with Crippen LogP contribution in [0.5, 0.6) is 5.75 Å². The smallest absolute Gasteiger partial charge is 0.120 e. The number of aliphatic hydroxyl groups is 1. The number of benzene rings is 1. The summed E-state index contributed by atoms with van der Waals surface area (Å²) in [5, 5.41) is 9.44. The van der Waals surface area contributed by atoms with Crippen molar-refractivity contribution in [2.75, 3.05) is 32.7 Å². The quantitative estimate of drug-likeness (QED) is 0.869. The van der Waals surface area contributed by atoms with Gasteiger partial charge in [-0.3, -0.25) is 9.80 Å². The molecule has 1 atom stereocenters. The number of hydrogen-bond acceptors (Lipinski definition) is 4. The second kappa shape index (κ2) is 7.78. The van der Waals surface area contributed by atoms with Crippen LogP contribution in [0.2, 0.25) is 0 Å². The SMILES string of the molecule is CC(C)Oc1cccc(CN2CCN(C[C@@H](C)O)CC2)c1. The molecule has 0 spiro atoms. The number of piperazine rings is 1. The Kier molecular flexibility index (Phi) is 6.03. The van der Waals surface area contributed by atoms with Crippen molar-refractivity contribution in [1.82, 2.24) is 9.80 Å². The second-order valence-electron chi connectivity index (χ2n) is 6.24. The van der Waals surface area contributed by atoms with Gasteiger partial charge in [0.05, 0.1) is 12.2 Å². The Morgan fingerprint density at radius 1 is 1.10 bits per heavy atom. The maximum Gasteiger partial charge on any atom is 0.120 e. The summed E-state index contributed by atoms with van der Waals surface area (Å²) in [5.74, 6) is 0.954. The summed E-state index contributed by atoms with van der Waals surface area (Å²) in [7, 11) is 0. The molecule has 1 fully saturated rings. The van der Waals surface area contributed by atoms with Crippen LogP contribution in [-0.2, 0) is 6.54 Å². The van der Waals surface area contributed by atoms with Gasteiger partial charge in [-0.25, -0.2) is 0 Å². The van der Waals surface area contributed by atoms with Crippen LogP contribution in [0.25, 0.3) is 0 Å². The standard InChI is InChI=1S/C17H28N2O2/c1-14(2)21-17-6-4-5-16(11-17)13-19-9-7-18(8-10-19)12-15(3)20/h4-6,11,14-15,20H,7-10,12-13H2,1-3H3/t15-/m1/s1. The summed E-state index contributed by atoms with van der Waals surface area (Å²) < 4.78 is 5.75. The number of aliphatic hydroxyl groups excluding tert-OH is 1. The van der Waals surface area contributed by atoms with Crippen molar-refractivity contribution >= 4 is 0 Å². The van der Waals surface area contributed by atoms with Crippen LogP contribution in [-0.4, -0.2) is 59.8 Å². The lowest BCUT2D eigenvalue weighted by Gasteiger charge is -2.35. The molecule has 0 aliphatic carbocycles. The molecule has 21 heavy (non-hydrogen) atoms. The van der Waals surface area contributed by atoms with Crippen LogP contribution < -0.4 is 4.74 Å². The van der Waals surface area contributed by atoms with Crippen molar-refractivity contribution in [2.24, 2.45) is 0 Å². The minimum Gasteiger partial charge on any atom is -0.491 e. The molecule has 1 saturated heterocycles. The van der Waals surface area contributed by atoms with Gasteiger partial charge in [-0.15, -0.1) is 0 Å². The van der Waals surface area contributed by atoms with Crippen molar-refractivity contribution in [2.45, 2.75) is 39.5 Å². The first-order valence-electron chi connectivity index (χ1n) is 7.91. The van der Waals surface area contributed by atoms with Crippen molar-refractivity contribution in [3.63, 3.8) is 0 Å².